The molecule has 1 saturated carbocycles. The molecule has 3 rings (SSSR count). The Balaban J connectivity index is 1.71. The highest BCUT2D eigenvalue weighted by Gasteiger charge is 2.46. The number of hydrogen-bond acceptors (Lipinski definition) is 3. The summed E-state index contributed by atoms with van der Waals surface area (Å²) in [4.78, 5) is 2.73. The van der Waals surface area contributed by atoms with Crippen LogP contribution in [0.1, 0.15) is 46.5 Å². The first-order chi connectivity index (χ1) is 8.60. The van der Waals surface area contributed by atoms with Crippen molar-refractivity contribution in [1.29, 1.82) is 0 Å². The van der Waals surface area contributed by atoms with E-state index in [9.17, 15) is 0 Å². The molecule has 0 aromatic heterocycles. The van der Waals surface area contributed by atoms with E-state index in [1.165, 1.54) is 38.8 Å². The molecule has 0 aromatic rings. The molecular weight excluding hydrogens is 224 g/mol. The summed E-state index contributed by atoms with van der Waals surface area (Å²) in [5.41, 5.74) is 0.442. The fourth-order valence-corrected chi connectivity index (χ4v) is 4.31. The van der Waals surface area contributed by atoms with E-state index in [1.54, 1.807) is 0 Å². The van der Waals surface area contributed by atoms with E-state index in [1.807, 2.05) is 0 Å². The van der Waals surface area contributed by atoms with Crippen molar-refractivity contribution in [1.82, 2.24) is 10.2 Å². The average Bonchev–Trinajstić information content (AvgIpc) is 2.81. The van der Waals surface area contributed by atoms with Crippen LogP contribution in [0.15, 0.2) is 0 Å². The van der Waals surface area contributed by atoms with Crippen molar-refractivity contribution in [2.45, 2.75) is 70.7 Å². The second-order valence-electron chi connectivity index (χ2n) is 7.04. The topological polar surface area (TPSA) is 24.5 Å². The number of ether oxygens (including phenoxy) is 1. The quantitative estimate of drug-likeness (QED) is 0.831. The van der Waals surface area contributed by atoms with Crippen LogP contribution in [-0.2, 0) is 4.74 Å². The molecule has 0 aromatic carbocycles. The van der Waals surface area contributed by atoms with Gasteiger partial charge in [0, 0.05) is 25.2 Å². The maximum Gasteiger partial charge on any atom is 0.0707 e. The first-order valence-electron chi connectivity index (χ1n) is 7.73. The van der Waals surface area contributed by atoms with E-state index >= 15 is 0 Å². The van der Waals surface area contributed by atoms with Crippen LogP contribution in [0.4, 0.5) is 0 Å². The van der Waals surface area contributed by atoms with E-state index in [4.69, 9.17) is 4.74 Å². The minimum absolute atomic E-state index is 0.442. The number of likely N-dealkylation sites (N-methyl/N-ethyl adjacent to an activating group) is 1. The van der Waals surface area contributed by atoms with Crippen LogP contribution in [0.5, 0.6) is 0 Å². The highest BCUT2D eigenvalue weighted by atomic mass is 16.5. The lowest BCUT2D eigenvalue weighted by atomic mass is 9.86. The summed E-state index contributed by atoms with van der Waals surface area (Å²) in [6, 6.07) is 1.38. The molecule has 18 heavy (non-hydrogen) atoms. The van der Waals surface area contributed by atoms with Gasteiger partial charge in [-0.3, -0.25) is 4.90 Å². The lowest BCUT2D eigenvalue weighted by Crippen LogP contribution is -2.56. The second kappa shape index (κ2) is 4.77. The smallest absolute Gasteiger partial charge is 0.0707 e. The zero-order valence-corrected chi connectivity index (χ0v) is 12.1. The molecule has 3 nitrogen and oxygen atoms in total. The summed E-state index contributed by atoms with van der Waals surface area (Å²) >= 11 is 0. The van der Waals surface area contributed by atoms with E-state index in [0.29, 0.717) is 23.7 Å². The molecule has 2 aliphatic heterocycles. The molecule has 3 heteroatoms. The summed E-state index contributed by atoms with van der Waals surface area (Å²) in [5, 5.41) is 3.75. The van der Waals surface area contributed by atoms with E-state index in [2.05, 4.69) is 31.0 Å². The van der Waals surface area contributed by atoms with Gasteiger partial charge in [0.1, 0.15) is 0 Å². The molecule has 1 N–H and O–H groups in total. The monoisotopic (exact) mass is 252 g/mol. The third-order valence-electron chi connectivity index (χ3n) is 5.28. The van der Waals surface area contributed by atoms with E-state index in [0.717, 1.165) is 12.6 Å². The number of rotatable bonds is 3. The van der Waals surface area contributed by atoms with Gasteiger partial charge in [-0.25, -0.2) is 0 Å². The number of likely N-dealkylation sites (tertiary alicyclic amines) is 1. The average molecular weight is 252 g/mol. The van der Waals surface area contributed by atoms with Crippen molar-refractivity contribution in [3.63, 3.8) is 0 Å². The molecular formula is C15H28N2O. The maximum absolute atomic E-state index is 5.97. The normalized spacial score (nSPS) is 43.5. The molecule has 0 radical (unpaired) electrons. The predicted octanol–water partition coefficient (Wildman–Crippen LogP) is 2.02. The van der Waals surface area contributed by atoms with Crippen molar-refractivity contribution < 1.29 is 4.74 Å². The Morgan fingerprint density at radius 2 is 1.83 bits per heavy atom. The fraction of sp³-hybridized carbons (Fsp3) is 1.00. The number of nitrogens with zero attached hydrogens (tertiary/aromatic N) is 1. The molecule has 4 atom stereocenters. The molecule has 2 heterocycles. The predicted molar refractivity (Wildman–Crippen MR) is 73.7 cm³/mol. The highest BCUT2D eigenvalue weighted by Crippen LogP contribution is 2.41. The molecule has 104 valence electrons. The van der Waals surface area contributed by atoms with Gasteiger partial charge in [-0.1, -0.05) is 20.8 Å². The Labute approximate surface area is 111 Å². The van der Waals surface area contributed by atoms with Gasteiger partial charge in [-0.05, 0) is 37.6 Å². The fourth-order valence-electron chi connectivity index (χ4n) is 4.31. The first kappa shape index (κ1) is 12.9. The van der Waals surface area contributed by atoms with Gasteiger partial charge in [-0.2, -0.15) is 0 Å². The largest absolute Gasteiger partial charge is 0.372 e. The summed E-state index contributed by atoms with van der Waals surface area (Å²) in [7, 11) is 0. The van der Waals surface area contributed by atoms with Crippen LogP contribution in [0, 0.1) is 5.41 Å². The summed E-state index contributed by atoms with van der Waals surface area (Å²) in [6.45, 7) is 10.5. The standard InChI is InChI=1S/C15H28N2O/c1-4-16-14-13(7-8-15(14,2)3)17-9-11-5-6-12(10-17)18-11/h11-14,16H,4-10H2,1-3H3. The van der Waals surface area contributed by atoms with Crippen molar-refractivity contribution in [3.05, 3.63) is 0 Å². The second-order valence-corrected chi connectivity index (χ2v) is 7.04. The Hall–Kier alpha value is -0.120. The van der Waals surface area contributed by atoms with Crippen LogP contribution in [0.3, 0.4) is 0 Å². The SMILES string of the molecule is CCNC1C(N2CC3CCC(C2)O3)CCC1(C)C. The first-order valence-corrected chi connectivity index (χ1v) is 7.73. The zero-order chi connectivity index (χ0) is 12.8. The third-order valence-corrected chi connectivity index (χ3v) is 5.28. The lowest BCUT2D eigenvalue weighted by Gasteiger charge is -2.41. The van der Waals surface area contributed by atoms with Crippen LogP contribution in [0.25, 0.3) is 0 Å². The third kappa shape index (κ3) is 2.21. The van der Waals surface area contributed by atoms with Gasteiger partial charge in [0.2, 0.25) is 0 Å². The molecule has 3 fully saturated rings. The van der Waals surface area contributed by atoms with Crippen molar-refractivity contribution in [2.75, 3.05) is 19.6 Å². The van der Waals surface area contributed by atoms with Crippen molar-refractivity contribution in [3.8, 4) is 0 Å². The Morgan fingerprint density at radius 1 is 1.17 bits per heavy atom. The minimum Gasteiger partial charge on any atom is -0.372 e. The van der Waals surface area contributed by atoms with Gasteiger partial charge in [0.05, 0.1) is 12.2 Å². The van der Waals surface area contributed by atoms with E-state index < -0.39 is 0 Å². The lowest BCUT2D eigenvalue weighted by molar-refractivity contribution is -0.0570. The van der Waals surface area contributed by atoms with Crippen molar-refractivity contribution in [2.24, 2.45) is 5.41 Å². The minimum atomic E-state index is 0.442. The molecule has 0 amide bonds. The van der Waals surface area contributed by atoms with E-state index in [-0.39, 0.29) is 0 Å². The number of hydrogen-bond donors (Lipinski definition) is 1. The number of fused-ring (bicyclic) bond motifs is 2. The maximum atomic E-state index is 5.97. The van der Waals surface area contributed by atoms with Crippen LogP contribution < -0.4 is 5.32 Å². The molecule has 0 spiro atoms. The van der Waals surface area contributed by atoms with Crippen LogP contribution >= 0.6 is 0 Å². The number of morpholine rings is 1. The molecule has 4 unspecified atom stereocenters. The van der Waals surface area contributed by atoms with Crippen molar-refractivity contribution >= 4 is 0 Å². The zero-order valence-electron chi connectivity index (χ0n) is 12.1. The van der Waals surface area contributed by atoms with Crippen LogP contribution in [0.2, 0.25) is 0 Å². The number of nitrogens with one attached hydrogen (secondary N) is 1. The molecule has 2 saturated heterocycles. The molecule has 2 bridgehead atoms. The molecule has 1 aliphatic carbocycles. The Bertz CT molecular complexity index is 293. The van der Waals surface area contributed by atoms with Gasteiger partial charge < -0.3 is 10.1 Å². The summed E-state index contributed by atoms with van der Waals surface area (Å²) in [5.74, 6) is 0. The van der Waals surface area contributed by atoms with Gasteiger partial charge in [0.15, 0.2) is 0 Å². The molecule has 3 aliphatic rings. The summed E-state index contributed by atoms with van der Waals surface area (Å²) < 4.78 is 5.97. The highest BCUT2D eigenvalue weighted by molar-refractivity contribution is 5.03. The van der Waals surface area contributed by atoms with Gasteiger partial charge in [0.25, 0.3) is 0 Å². The summed E-state index contributed by atoms with van der Waals surface area (Å²) in [6.07, 6.45) is 6.31. The van der Waals surface area contributed by atoms with Crippen LogP contribution in [-0.4, -0.2) is 48.8 Å². The van der Waals surface area contributed by atoms with Gasteiger partial charge >= 0.3 is 0 Å². The Morgan fingerprint density at radius 3 is 2.44 bits per heavy atom. The Kier molecular flexibility index (Phi) is 3.41. The van der Waals surface area contributed by atoms with Gasteiger partial charge in [-0.15, -0.1) is 0 Å².